The normalized spacial score (nSPS) is 22.6. The Morgan fingerprint density at radius 2 is 2.21 bits per heavy atom. The lowest BCUT2D eigenvalue weighted by Gasteiger charge is -2.18. The Labute approximate surface area is 117 Å². The van der Waals surface area contributed by atoms with E-state index in [9.17, 15) is 0 Å². The van der Waals surface area contributed by atoms with Gasteiger partial charge in [0.15, 0.2) is 0 Å². The summed E-state index contributed by atoms with van der Waals surface area (Å²) in [5, 5.41) is 8.50. The van der Waals surface area contributed by atoms with Gasteiger partial charge in [-0.2, -0.15) is 5.10 Å². The van der Waals surface area contributed by atoms with E-state index in [2.05, 4.69) is 10.4 Å². The third kappa shape index (κ3) is 2.60. The Bertz CT molecular complexity index is 553. The molecule has 1 saturated carbocycles. The van der Waals surface area contributed by atoms with Gasteiger partial charge in [-0.25, -0.2) is 4.68 Å². The number of hydrogen-bond donors (Lipinski definition) is 2. The Kier molecular flexibility index (Phi) is 3.44. The smallest absolute Gasteiger partial charge is 0.106 e. The molecule has 4 nitrogen and oxygen atoms in total. The Balaban J connectivity index is 1.91. The van der Waals surface area contributed by atoms with Crippen molar-refractivity contribution in [1.29, 1.82) is 0 Å². The van der Waals surface area contributed by atoms with Crippen molar-refractivity contribution < 1.29 is 0 Å². The van der Waals surface area contributed by atoms with E-state index in [-0.39, 0.29) is 0 Å². The fourth-order valence-corrected chi connectivity index (χ4v) is 2.89. The second kappa shape index (κ2) is 5.23. The molecule has 1 aromatic carbocycles. The molecule has 2 unspecified atom stereocenters. The van der Waals surface area contributed by atoms with E-state index in [4.69, 9.17) is 17.3 Å². The molecule has 0 saturated heterocycles. The van der Waals surface area contributed by atoms with Gasteiger partial charge < -0.3 is 11.1 Å². The highest BCUT2D eigenvalue weighted by molar-refractivity contribution is 6.33. The molecule has 1 aliphatic carbocycles. The summed E-state index contributed by atoms with van der Waals surface area (Å²) in [7, 11) is 0. The maximum atomic E-state index is 6.31. The zero-order valence-corrected chi connectivity index (χ0v) is 11.3. The minimum Gasteiger partial charge on any atom is -0.380 e. The molecular formula is C14H17ClN4. The van der Waals surface area contributed by atoms with Crippen LogP contribution in [-0.4, -0.2) is 21.9 Å². The van der Waals surface area contributed by atoms with Crippen molar-refractivity contribution in [3.8, 4) is 5.69 Å². The molecule has 2 aromatic rings. The first kappa shape index (κ1) is 12.5. The number of anilines is 1. The van der Waals surface area contributed by atoms with Crippen LogP contribution < -0.4 is 11.1 Å². The van der Waals surface area contributed by atoms with Crippen LogP contribution in [0.15, 0.2) is 36.7 Å². The van der Waals surface area contributed by atoms with Crippen LogP contribution >= 0.6 is 11.6 Å². The number of para-hydroxylation sites is 1. The van der Waals surface area contributed by atoms with Crippen LogP contribution in [0.4, 0.5) is 5.69 Å². The van der Waals surface area contributed by atoms with Crippen molar-refractivity contribution >= 4 is 17.3 Å². The van der Waals surface area contributed by atoms with Gasteiger partial charge in [-0.1, -0.05) is 17.7 Å². The molecule has 0 bridgehead atoms. The largest absolute Gasteiger partial charge is 0.380 e. The maximum Gasteiger partial charge on any atom is 0.106 e. The summed E-state index contributed by atoms with van der Waals surface area (Å²) in [4.78, 5) is 0. The zero-order valence-electron chi connectivity index (χ0n) is 10.6. The molecule has 19 heavy (non-hydrogen) atoms. The number of rotatable bonds is 3. The van der Waals surface area contributed by atoms with Crippen LogP contribution in [0.2, 0.25) is 5.02 Å². The van der Waals surface area contributed by atoms with Gasteiger partial charge in [-0.15, -0.1) is 0 Å². The van der Waals surface area contributed by atoms with Crippen LogP contribution in [0.3, 0.4) is 0 Å². The predicted octanol–water partition coefficient (Wildman–Crippen LogP) is 2.82. The Morgan fingerprint density at radius 1 is 1.32 bits per heavy atom. The van der Waals surface area contributed by atoms with E-state index in [0.29, 0.717) is 17.1 Å². The third-order valence-electron chi connectivity index (χ3n) is 3.55. The maximum absolute atomic E-state index is 6.31. The van der Waals surface area contributed by atoms with Gasteiger partial charge in [0.2, 0.25) is 0 Å². The fraction of sp³-hybridized carbons (Fsp3) is 0.357. The summed E-state index contributed by atoms with van der Waals surface area (Å²) in [6.45, 7) is 0. The van der Waals surface area contributed by atoms with Crippen LogP contribution in [0.5, 0.6) is 0 Å². The van der Waals surface area contributed by atoms with Crippen LogP contribution in [0.1, 0.15) is 19.3 Å². The van der Waals surface area contributed by atoms with E-state index < -0.39 is 0 Å². The first-order chi connectivity index (χ1) is 9.24. The van der Waals surface area contributed by atoms with Gasteiger partial charge in [0.25, 0.3) is 0 Å². The molecule has 5 heteroatoms. The van der Waals surface area contributed by atoms with Crippen molar-refractivity contribution in [2.45, 2.75) is 31.3 Å². The molecule has 100 valence electrons. The fourth-order valence-electron chi connectivity index (χ4n) is 2.63. The number of nitrogens with two attached hydrogens (primary N) is 1. The standard InChI is InChI=1S/C14H17ClN4/c15-12-3-1-4-13(14(12)19-8-2-7-17-19)18-11-6-5-10(16)9-11/h1-4,7-8,10-11,18H,5-6,9,16H2. The zero-order chi connectivity index (χ0) is 13.2. The highest BCUT2D eigenvalue weighted by atomic mass is 35.5. The summed E-state index contributed by atoms with van der Waals surface area (Å²) in [5.41, 5.74) is 7.87. The van der Waals surface area contributed by atoms with Gasteiger partial charge in [-0.05, 0) is 37.5 Å². The van der Waals surface area contributed by atoms with Crippen molar-refractivity contribution in [2.75, 3.05) is 5.32 Å². The summed E-state index contributed by atoms with van der Waals surface area (Å²) in [5.74, 6) is 0. The highest BCUT2D eigenvalue weighted by Crippen LogP contribution is 2.30. The average molecular weight is 277 g/mol. The van der Waals surface area contributed by atoms with Crippen molar-refractivity contribution in [3.63, 3.8) is 0 Å². The Hall–Kier alpha value is -1.52. The van der Waals surface area contributed by atoms with Crippen molar-refractivity contribution in [1.82, 2.24) is 9.78 Å². The number of benzene rings is 1. The highest BCUT2D eigenvalue weighted by Gasteiger charge is 2.22. The van der Waals surface area contributed by atoms with Gasteiger partial charge in [0.05, 0.1) is 10.7 Å². The first-order valence-electron chi connectivity index (χ1n) is 6.54. The molecule has 0 amide bonds. The van der Waals surface area contributed by atoms with Crippen molar-refractivity contribution in [3.05, 3.63) is 41.7 Å². The third-order valence-corrected chi connectivity index (χ3v) is 3.86. The predicted molar refractivity (Wildman–Crippen MR) is 77.8 cm³/mol. The second-order valence-electron chi connectivity index (χ2n) is 5.00. The van der Waals surface area contributed by atoms with E-state index >= 15 is 0 Å². The summed E-state index contributed by atoms with van der Waals surface area (Å²) in [6.07, 6.45) is 6.83. The molecule has 1 aliphatic rings. The molecular weight excluding hydrogens is 260 g/mol. The molecule has 2 atom stereocenters. The molecule has 1 fully saturated rings. The number of aromatic nitrogens is 2. The number of nitrogens with one attached hydrogen (secondary N) is 1. The van der Waals surface area contributed by atoms with Crippen LogP contribution in [0, 0.1) is 0 Å². The number of hydrogen-bond acceptors (Lipinski definition) is 3. The number of nitrogens with zero attached hydrogens (tertiary/aromatic N) is 2. The Morgan fingerprint density at radius 3 is 2.89 bits per heavy atom. The quantitative estimate of drug-likeness (QED) is 0.906. The minimum absolute atomic E-state index is 0.310. The van der Waals surface area contributed by atoms with E-state index in [1.54, 1.807) is 10.9 Å². The molecule has 1 heterocycles. The van der Waals surface area contributed by atoms with Gasteiger partial charge >= 0.3 is 0 Å². The van der Waals surface area contributed by atoms with Crippen molar-refractivity contribution in [2.24, 2.45) is 5.73 Å². The molecule has 0 spiro atoms. The van der Waals surface area contributed by atoms with Crippen LogP contribution in [0.25, 0.3) is 5.69 Å². The summed E-state index contributed by atoms with van der Waals surface area (Å²) < 4.78 is 1.79. The first-order valence-corrected chi connectivity index (χ1v) is 6.92. The van der Waals surface area contributed by atoms with E-state index in [1.165, 1.54) is 0 Å². The lowest BCUT2D eigenvalue weighted by Crippen LogP contribution is -2.21. The van der Waals surface area contributed by atoms with Gasteiger partial charge in [0.1, 0.15) is 5.69 Å². The van der Waals surface area contributed by atoms with Crippen LogP contribution in [-0.2, 0) is 0 Å². The lowest BCUT2D eigenvalue weighted by molar-refractivity contribution is 0.687. The summed E-state index contributed by atoms with van der Waals surface area (Å²) >= 11 is 6.31. The molecule has 1 aromatic heterocycles. The molecule has 0 radical (unpaired) electrons. The minimum atomic E-state index is 0.310. The average Bonchev–Trinajstić information content (AvgIpc) is 3.01. The lowest BCUT2D eigenvalue weighted by atomic mass is 10.2. The summed E-state index contributed by atoms with van der Waals surface area (Å²) in [6, 6.07) is 8.48. The second-order valence-corrected chi connectivity index (χ2v) is 5.41. The topological polar surface area (TPSA) is 55.9 Å². The van der Waals surface area contributed by atoms with Gasteiger partial charge in [0, 0.05) is 24.5 Å². The SMILES string of the molecule is NC1CCC(Nc2cccc(Cl)c2-n2cccn2)C1. The molecule has 3 rings (SSSR count). The van der Waals surface area contributed by atoms with E-state index in [1.807, 2.05) is 30.5 Å². The van der Waals surface area contributed by atoms with Gasteiger partial charge in [-0.3, -0.25) is 0 Å². The molecule has 0 aliphatic heterocycles. The molecule has 3 N–H and O–H groups in total. The monoisotopic (exact) mass is 276 g/mol. The van der Waals surface area contributed by atoms with E-state index in [0.717, 1.165) is 30.6 Å². The number of halogens is 1.